The molecule has 1 aromatic rings. The van der Waals surface area contributed by atoms with Crippen LogP contribution in [0.3, 0.4) is 0 Å². The van der Waals surface area contributed by atoms with Crippen molar-refractivity contribution in [2.75, 3.05) is 32.7 Å². The van der Waals surface area contributed by atoms with Crippen molar-refractivity contribution in [2.24, 2.45) is 10.7 Å². The highest BCUT2D eigenvalue weighted by Gasteiger charge is 2.35. The molecular formula is C24H41IN6O. The van der Waals surface area contributed by atoms with Crippen molar-refractivity contribution in [1.82, 2.24) is 20.9 Å². The molecule has 1 atom stereocenters. The quantitative estimate of drug-likeness (QED) is 0.213. The number of nitrogens with one attached hydrogen (secondary N) is 3. The number of benzene rings is 1. The number of aliphatic imine (C=N–C) groups is 1. The molecule has 1 amide bonds. The lowest BCUT2D eigenvalue weighted by Gasteiger charge is -2.34. The van der Waals surface area contributed by atoms with Crippen LogP contribution < -0.4 is 21.7 Å². The number of hydrogen-bond donors (Lipinski definition) is 4. The zero-order valence-electron chi connectivity index (χ0n) is 19.6. The average Bonchev–Trinajstić information content (AvgIpc) is 3.22. The normalized spacial score (nSPS) is 20.4. The molecule has 180 valence electrons. The highest BCUT2D eigenvalue weighted by Crippen LogP contribution is 2.32. The number of nitrogens with two attached hydrogens (primary N) is 1. The molecule has 0 spiro atoms. The van der Waals surface area contributed by atoms with Crippen LogP contribution in [-0.4, -0.2) is 61.1 Å². The number of guanidine groups is 1. The van der Waals surface area contributed by atoms with Gasteiger partial charge in [0.05, 0.1) is 13.1 Å². The second kappa shape index (κ2) is 13.3. The molecule has 0 aromatic heterocycles. The van der Waals surface area contributed by atoms with E-state index in [4.69, 9.17) is 10.7 Å². The third-order valence-electron chi connectivity index (χ3n) is 6.57. The summed E-state index contributed by atoms with van der Waals surface area (Å²) in [4.78, 5) is 18.3. The minimum absolute atomic E-state index is 0. The molecule has 1 saturated carbocycles. The summed E-state index contributed by atoms with van der Waals surface area (Å²) in [6.07, 6.45) is 6.83. The maximum atomic E-state index is 11.1. The standard InChI is InChI=1S/C24H40N6O.HI/c1-3-26-23(28-21-11-15-30(16-12-21)17-22(25)31)27-18-24(13-7-8-14-24)29-19(2)20-9-5-4-6-10-20;/h4-6,9-10,19,21,29H,3,7-8,11-18H2,1-2H3,(H2,25,31)(H2,26,27,28);1H. The Bertz CT molecular complexity index is 714. The van der Waals surface area contributed by atoms with Crippen LogP contribution in [-0.2, 0) is 4.79 Å². The summed E-state index contributed by atoms with van der Waals surface area (Å²) in [5.41, 5.74) is 6.71. The molecule has 1 aliphatic carbocycles. The first-order valence-electron chi connectivity index (χ1n) is 11.9. The van der Waals surface area contributed by atoms with Crippen molar-refractivity contribution >= 4 is 35.8 Å². The number of amides is 1. The van der Waals surface area contributed by atoms with Gasteiger partial charge < -0.3 is 21.7 Å². The predicted molar refractivity (Wildman–Crippen MR) is 142 cm³/mol. The molecule has 5 N–H and O–H groups in total. The number of primary amides is 1. The Morgan fingerprint density at radius 1 is 1.22 bits per heavy atom. The van der Waals surface area contributed by atoms with Crippen LogP contribution in [0.2, 0.25) is 0 Å². The number of piperidine rings is 1. The van der Waals surface area contributed by atoms with Gasteiger partial charge >= 0.3 is 0 Å². The third-order valence-corrected chi connectivity index (χ3v) is 6.57. The molecule has 2 aliphatic rings. The number of likely N-dealkylation sites (tertiary alicyclic amines) is 1. The van der Waals surface area contributed by atoms with Crippen LogP contribution >= 0.6 is 24.0 Å². The smallest absolute Gasteiger partial charge is 0.231 e. The van der Waals surface area contributed by atoms with Gasteiger partial charge in [-0.15, -0.1) is 24.0 Å². The van der Waals surface area contributed by atoms with Crippen molar-refractivity contribution in [3.63, 3.8) is 0 Å². The first kappa shape index (κ1) is 26.9. The first-order chi connectivity index (χ1) is 15.0. The summed E-state index contributed by atoms with van der Waals surface area (Å²) < 4.78 is 0. The van der Waals surface area contributed by atoms with E-state index in [1.165, 1.54) is 31.2 Å². The second-order valence-corrected chi connectivity index (χ2v) is 9.12. The Labute approximate surface area is 210 Å². The van der Waals surface area contributed by atoms with Crippen LogP contribution in [0.4, 0.5) is 0 Å². The summed E-state index contributed by atoms with van der Waals surface area (Å²) in [6.45, 7) is 8.11. The molecule has 1 heterocycles. The fraction of sp³-hybridized carbons (Fsp3) is 0.667. The Morgan fingerprint density at radius 2 is 1.88 bits per heavy atom. The Morgan fingerprint density at radius 3 is 2.47 bits per heavy atom. The number of carbonyl (C=O) groups excluding carboxylic acids is 1. The summed E-state index contributed by atoms with van der Waals surface area (Å²) in [5.74, 6) is 0.650. The van der Waals surface area contributed by atoms with E-state index in [0.717, 1.165) is 45.0 Å². The molecule has 1 aliphatic heterocycles. The summed E-state index contributed by atoms with van der Waals surface area (Å²) in [7, 11) is 0. The molecule has 7 nitrogen and oxygen atoms in total. The van der Waals surface area contributed by atoms with Crippen LogP contribution in [0.5, 0.6) is 0 Å². The zero-order valence-corrected chi connectivity index (χ0v) is 21.9. The topological polar surface area (TPSA) is 94.8 Å². The van der Waals surface area contributed by atoms with Crippen molar-refractivity contribution < 1.29 is 4.79 Å². The van der Waals surface area contributed by atoms with Crippen molar-refractivity contribution in [3.8, 4) is 0 Å². The van der Waals surface area contributed by atoms with Crippen LogP contribution in [0, 0.1) is 0 Å². The van der Waals surface area contributed by atoms with E-state index < -0.39 is 0 Å². The Balaban J connectivity index is 0.00000363. The monoisotopic (exact) mass is 556 g/mol. The lowest BCUT2D eigenvalue weighted by Crippen LogP contribution is -2.51. The SMILES string of the molecule is CCNC(=NCC1(NC(C)c2ccccc2)CCCC1)NC1CCN(CC(N)=O)CC1.I. The van der Waals surface area contributed by atoms with Gasteiger partial charge in [-0.2, -0.15) is 0 Å². The van der Waals surface area contributed by atoms with Crippen LogP contribution in [0.15, 0.2) is 35.3 Å². The lowest BCUT2D eigenvalue weighted by atomic mass is 9.95. The highest BCUT2D eigenvalue weighted by atomic mass is 127. The van der Waals surface area contributed by atoms with E-state index >= 15 is 0 Å². The molecule has 0 radical (unpaired) electrons. The maximum absolute atomic E-state index is 11.1. The zero-order chi connectivity index (χ0) is 22.1. The minimum atomic E-state index is -0.250. The minimum Gasteiger partial charge on any atom is -0.369 e. The summed E-state index contributed by atoms with van der Waals surface area (Å²) in [5, 5.41) is 11.0. The van der Waals surface area contributed by atoms with Gasteiger partial charge in [-0.05, 0) is 45.1 Å². The summed E-state index contributed by atoms with van der Waals surface area (Å²) >= 11 is 0. The molecule has 8 heteroatoms. The molecule has 2 fully saturated rings. The van der Waals surface area contributed by atoms with Crippen molar-refractivity contribution in [1.29, 1.82) is 0 Å². The number of nitrogens with zero attached hydrogens (tertiary/aromatic N) is 2. The highest BCUT2D eigenvalue weighted by molar-refractivity contribution is 14.0. The van der Waals surface area contributed by atoms with Gasteiger partial charge in [-0.1, -0.05) is 43.2 Å². The fourth-order valence-electron chi connectivity index (χ4n) is 4.88. The molecule has 1 saturated heterocycles. The number of rotatable bonds is 9. The molecular weight excluding hydrogens is 515 g/mol. The average molecular weight is 557 g/mol. The number of halogens is 1. The van der Waals surface area contributed by atoms with Gasteiger partial charge in [-0.25, -0.2) is 0 Å². The van der Waals surface area contributed by atoms with E-state index in [9.17, 15) is 4.79 Å². The van der Waals surface area contributed by atoms with Gasteiger partial charge in [0.2, 0.25) is 5.91 Å². The largest absolute Gasteiger partial charge is 0.369 e. The molecule has 32 heavy (non-hydrogen) atoms. The van der Waals surface area contributed by atoms with Gasteiger partial charge in [0, 0.05) is 37.3 Å². The van der Waals surface area contributed by atoms with Gasteiger partial charge in [0.1, 0.15) is 0 Å². The van der Waals surface area contributed by atoms with Crippen molar-refractivity contribution in [3.05, 3.63) is 35.9 Å². The molecule has 1 unspecified atom stereocenters. The van der Waals surface area contributed by atoms with E-state index in [0.29, 0.717) is 18.6 Å². The van der Waals surface area contributed by atoms with E-state index in [2.05, 4.69) is 65.0 Å². The van der Waals surface area contributed by atoms with Gasteiger partial charge in [0.15, 0.2) is 5.96 Å². The van der Waals surface area contributed by atoms with Crippen LogP contribution in [0.25, 0.3) is 0 Å². The maximum Gasteiger partial charge on any atom is 0.231 e. The third kappa shape index (κ3) is 8.19. The van der Waals surface area contributed by atoms with Gasteiger partial charge in [-0.3, -0.25) is 14.7 Å². The van der Waals surface area contributed by atoms with E-state index in [1.807, 2.05) is 0 Å². The van der Waals surface area contributed by atoms with E-state index in [1.54, 1.807) is 0 Å². The van der Waals surface area contributed by atoms with Crippen LogP contribution in [0.1, 0.15) is 64.0 Å². The van der Waals surface area contributed by atoms with Crippen molar-refractivity contribution in [2.45, 2.75) is 70.0 Å². The molecule has 1 aromatic carbocycles. The number of carbonyl (C=O) groups is 1. The first-order valence-corrected chi connectivity index (χ1v) is 11.9. The number of hydrogen-bond acceptors (Lipinski definition) is 4. The fourth-order valence-corrected chi connectivity index (χ4v) is 4.88. The Hall–Kier alpha value is -1.39. The van der Waals surface area contributed by atoms with Gasteiger partial charge in [0.25, 0.3) is 0 Å². The van der Waals surface area contributed by atoms with E-state index in [-0.39, 0.29) is 35.4 Å². The Kier molecular flexibility index (Phi) is 11.2. The second-order valence-electron chi connectivity index (χ2n) is 9.12. The predicted octanol–water partition coefficient (Wildman–Crippen LogP) is 2.77. The molecule has 3 rings (SSSR count). The molecule has 0 bridgehead atoms. The lowest BCUT2D eigenvalue weighted by molar-refractivity contribution is -0.119. The summed E-state index contributed by atoms with van der Waals surface area (Å²) in [6, 6.07) is 11.3.